The van der Waals surface area contributed by atoms with Crippen molar-refractivity contribution in [2.75, 3.05) is 32.4 Å². The lowest BCUT2D eigenvalue weighted by atomic mass is 10.1. The Hall–Kier alpha value is -1.55. The van der Waals surface area contributed by atoms with E-state index in [1.165, 1.54) is 12.8 Å². The van der Waals surface area contributed by atoms with Crippen LogP contribution in [0.15, 0.2) is 24.3 Å². The minimum absolute atomic E-state index is 0.0636. The van der Waals surface area contributed by atoms with Gasteiger partial charge < -0.3 is 16.0 Å². The first-order chi connectivity index (χ1) is 9.11. The van der Waals surface area contributed by atoms with Crippen LogP contribution in [0.5, 0.6) is 0 Å². The highest BCUT2D eigenvalue weighted by molar-refractivity contribution is 5.78. The fourth-order valence-electron chi connectivity index (χ4n) is 1.81. The predicted octanol–water partition coefficient (Wildman–Crippen LogP) is 1.66. The van der Waals surface area contributed by atoms with Crippen LogP contribution in [0, 0.1) is 0 Å². The van der Waals surface area contributed by atoms with Gasteiger partial charge in [-0.15, -0.1) is 0 Å². The van der Waals surface area contributed by atoms with Crippen molar-refractivity contribution in [1.82, 2.24) is 10.2 Å². The van der Waals surface area contributed by atoms with Crippen LogP contribution in [-0.4, -0.2) is 37.5 Å². The average molecular weight is 263 g/mol. The summed E-state index contributed by atoms with van der Waals surface area (Å²) in [4.78, 5) is 14.0. The molecule has 4 nitrogen and oxygen atoms in total. The summed E-state index contributed by atoms with van der Waals surface area (Å²) in [6.07, 6.45) is 2.82. The van der Waals surface area contributed by atoms with Crippen molar-refractivity contribution in [3.63, 3.8) is 0 Å². The van der Waals surface area contributed by atoms with Crippen molar-refractivity contribution in [2.24, 2.45) is 0 Å². The van der Waals surface area contributed by atoms with Gasteiger partial charge in [-0.2, -0.15) is 0 Å². The Balaban J connectivity index is 2.19. The first kappa shape index (κ1) is 15.5. The molecule has 4 heteroatoms. The molecule has 0 saturated heterocycles. The summed E-state index contributed by atoms with van der Waals surface area (Å²) in [7, 11) is 2.09. The molecule has 0 aliphatic heterocycles. The molecule has 0 spiro atoms. The van der Waals surface area contributed by atoms with Crippen LogP contribution in [0.1, 0.15) is 25.3 Å². The number of carbonyl (C=O) groups is 1. The third kappa shape index (κ3) is 6.82. The second kappa shape index (κ2) is 8.53. The monoisotopic (exact) mass is 263 g/mol. The molecule has 1 amide bonds. The van der Waals surface area contributed by atoms with E-state index in [1.807, 2.05) is 24.3 Å². The Morgan fingerprint density at radius 1 is 1.26 bits per heavy atom. The first-order valence-corrected chi connectivity index (χ1v) is 6.91. The number of carbonyl (C=O) groups excluding carboxylic acids is 1. The summed E-state index contributed by atoms with van der Waals surface area (Å²) >= 11 is 0. The van der Waals surface area contributed by atoms with Gasteiger partial charge in [0.15, 0.2) is 0 Å². The van der Waals surface area contributed by atoms with E-state index in [-0.39, 0.29) is 5.91 Å². The number of amides is 1. The van der Waals surface area contributed by atoms with Gasteiger partial charge in [-0.1, -0.05) is 25.5 Å². The molecule has 0 fully saturated rings. The third-order valence-electron chi connectivity index (χ3n) is 3.05. The Bertz CT molecular complexity index is 375. The molecule has 0 atom stereocenters. The summed E-state index contributed by atoms with van der Waals surface area (Å²) in [5.74, 6) is 0.0636. The van der Waals surface area contributed by atoms with E-state index in [4.69, 9.17) is 5.73 Å². The van der Waals surface area contributed by atoms with Crippen LogP contribution in [0.25, 0.3) is 0 Å². The fourth-order valence-corrected chi connectivity index (χ4v) is 1.81. The smallest absolute Gasteiger partial charge is 0.224 e. The average Bonchev–Trinajstić information content (AvgIpc) is 2.39. The Labute approximate surface area is 116 Å². The van der Waals surface area contributed by atoms with Gasteiger partial charge in [0.05, 0.1) is 6.42 Å². The second-order valence-corrected chi connectivity index (χ2v) is 4.93. The number of anilines is 1. The van der Waals surface area contributed by atoms with E-state index in [9.17, 15) is 4.79 Å². The minimum Gasteiger partial charge on any atom is -0.399 e. The Kier molecular flexibility index (Phi) is 6.97. The molecule has 0 aliphatic rings. The van der Waals surface area contributed by atoms with Gasteiger partial charge in [-0.25, -0.2) is 0 Å². The van der Waals surface area contributed by atoms with Crippen molar-refractivity contribution in [2.45, 2.75) is 26.2 Å². The number of likely N-dealkylation sites (N-methyl/N-ethyl adjacent to an activating group) is 1. The zero-order valence-electron chi connectivity index (χ0n) is 12.0. The van der Waals surface area contributed by atoms with Crippen LogP contribution in [-0.2, 0) is 11.2 Å². The van der Waals surface area contributed by atoms with Crippen molar-refractivity contribution in [3.05, 3.63) is 29.8 Å². The Morgan fingerprint density at radius 2 is 1.95 bits per heavy atom. The molecule has 0 unspecified atom stereocenters. The van der Waals surface area contributed by atoms with E-state index >= 15 is 0 Å². The number of rotatable bonds is 8. The largest absolute Gasteiger partial charge is 0.399 e. The zero-order valence-corrected chi connectivity index (χ0v) is 12.0. The topological polar surface area (TPSA) is 58.4 Å². The van der Waals surface area contributed by atoms with Crippen molar-refractivity contribution >= 4 is 11.6 Å². The summed E-state index contributed by atoms with van der Waals surface area (Å²) < 4.78 is 0. The number of nitrogens with zero attached hydrogens (tertiary/aromatic N) is 1. The molecule has 19 heavy (non-hydrogen) atoms. The summed E-state index contributed by atoms with van der Waals surface area (Å²) in [5, 5.41) is 2.94. The molecule has 3 N–H and O–H groups in total. The van der Waals surface area contributed by atoms with Crippen molar-refractivity contribution < 1.29 is 4.79 Å². The Morgan fingerprint density at radius 3 is 2.58 bits per heavy atom. The van der Waals surface area contributed by atoms with Crippen LogP contribution < -0.4 is 11.1 Å². The molecular formula is C15H25N3O. The number of nitrogens with one attached hydrogen (secondary N) is 1. The number of hydrogen-bond acceptors (Lipinski definition) is 3. The lowest BCUT2D eigenvalue weighted by Crippen LogP contribution is -2.34. The lowest BCUT2D eigenvalue weighted by Gasteiger charge is -2.16. The van der Waals surface area contributed by atoms with Gasteiger partial charge in [-0.05, 0) is 37.7 Å². The van der Waals surface area contributed by atoms with Crippen LogP contribution in [0.3, 0.4) is 0 Å². The molecule has 0 bridgehead atoms. The van der Waals surface area contributed by atoms with Crippen LogP contribution in [0.4, 0.5) is 5.69 Å². The van der Waals surface area contributed by atoms with Gasteiger partial charge in [-0.3, -0.25) is 4.79 Å². The first-order valence-electron chi connectivity index (χ1n) is 6.91. The van der Waals surface area contributed by atoms with Crippen LogP contribution >= 0.6 is 0 Å². The van der Waals surface area contributed by atoms with E-state index in [1.54, 1.807) is 0 Å². The molecule has 0 heterocycles. The molecule has 0 aliphatic carbocycles. The van der Waals surface area contributed by atoms with Gasteiger partial charge in [0.2, 0.25) is 5.91 Å². The molecule has 0 saturated carbocycles. The third-order valence-corrected chi connectivity index (χ3v) is 3.05. The van der Waals surface area contributed by atoms with E-state index in [0.29, 0.717) is 13.0 Å². The second-order valence-electron chi connectivity index (χ2n) is 4.93. The van der Waals surface area contributed by atoms with E-state index in [2.05, 4.69) is 24.2 Å². The molecule has 1 rings (SSSR count). The van der Waals surface area contributed by atoms with E-state index in [0.717, 1.165) is 24.3 Å². The van der Waals surface area contributed by atoms with Crippen molar-refractivity contribution in [1.29, 1.82) is 0 Å². The number of nitrogen functional groups attached to an aromatic ring is 1. The number of hydrogen-bond donors (Lipinski definition) is 2. The van der Waals surface area contributed by atoms with Gasteiger partial charge in [0.25, 0.3) is 0 Å². The SMILES string of the molecule is CCCCN(C)CCNC(=O)Cc1ccc(N)cc1. The summed E-state index contributed by atoms with van der Waals surface area (Å²) in [5.41, 5.74) is 7.32. The highest BCUT2D eigenvalue weighted by Gasteiger charge is 2.03. The van der Waals surface area contributed by atoms with E-state index < -0.39 is 0 Å². The maximum atomic E-state index is 11.7. The normalized spacial score (nSPS) is 10.7. The molecule has 1 aromatic rings. The number of nitrogens with two attached hydrogens (primary N) is 1. The maximum absolute atomic E-state index is 11.7. The highest BCUT2D eigenvalue weighted by atomic mass is 16.1. The maximum Gasteiger partial charge on any atom is 0.224 e. The van der Waals surface area contributed by atoms with Gasteiger partial charge in [0.1, 0.15) is 0 Å². The highest BCUT2D eigenvalue weighted by Crippen LogP contribution is 2.05. The fraction of sp³-hybridized carbons (Fsp3) is 0.533. The summed E-state index contributed by atoms with van der Waals surface area (Å²) in [6.45, 7) is 4.87. The van der Waals surface area contributed by atoms with Crippen LogP contribution in [0.2, 0.25) is 0 Å². The van der Waals surface area contributed by atoms with Gasteiger partial charge in [0, 0.05) is 18.8 Å². The molecule has 106 valence electrons. The zero-order chi connectivity index (χ0) is 14.1. The van der Waals surface area contributed by atoms with Crippen molar-refractivity contribution in [3.8, 4) is 0 Å². The lowest BCUT2D eigenvalue weighted by molar-refractivity contribution is -0.120. The quantitative estimate of drug-likeness (QED) is 0.701. The molecule has 0 radical (unpaired) electrons. The standard InChI is InChI=1S/C15H25N3O/c1-3-4-10-18(2)11-9-17-15(19)12-13-5-7-14(16)8-6-13/h5-8H,3-4,9-12,16H2,1-2H3,(H,17,19). The number of unbranched alkanes of at least 4 members (excludes halogenated alkanes) is 1. The predicted molar refractivity (Wildman–Crippen MR) is 80.0 cm³/mol. The molecule has 0 aromatic heterocycles. The number of benzene rings is 1. The summed E-state index contributed by atoms with van der Waals surface area (Å²) in [6, 6.07) is 7.42. The minimum atomic E-state index is 0.0636. The molecule has 1 aromatic carbocycles. The molecular weight excluding hydrogens is 238 g/mol. The van der Waals surface area contributed by atoms with Gasteiger partial charge >= 0.3 is 0 Å².